The van der Waals surface area contributed by atoms with Gasteiger partial charge in [0.05, 0.1) is 0 Å². The fourth-order valence-electron chi connectivity index (χ4n) is 6.09. The number of anilines is 2. The smallest absolute Gasteiger partial charge is 0.224 e. The monoisotopic (exact) mass is 471 g/mol. The number of nitrogens with zero attached hydrogens (tertiary/aromatic N) is 4. The van der Waals surface area contributed by atoms with Crippen LogP contribution in [0.3, 0.4) is 0 Å². The zero-order chi connectivity index (χ0) is 23.6. The van der Waals surface area contributed by atoms with Crippen LogP contribution in [0.15, 0.2) is 12.3 Å². The number of hydrogen-bond acceptors (Lipinski definition) is 7. The standard InChI is InChI=1S/C26H45N7O/c27-14-16-28-25(34)20-23-22(12-9-19-33(23)21-10-5-4-6-11-21)30-26-29-15-13-24(31-26)32-17-7-2-1-3-8-18-32/h13,15,21-23H,1-12,14,16-20,27H2,(H,28,34)(H,29,30,31)/t22-,23+/m0/s1. The summed E-state index contributed by atoms with van der Waals surface area (Å²) in [6.07, 6.45) is 17.4. The van der Waals surface area contributed by atoms with Crippen molar-refractivity contribution in [2.75, 3.05) is 42.9 Å². The molecule has 1 amide bonds. The Morgan fingerprint density at radius 3 is 2.47 bits per heavy atom. The van der Waals surface area contributed by atoms with Crippen LogP contribution in [0, 0.1) is 0 Å². The lowest BCUT2D eigenvalue weighted by Crippen LogP contribution is -2.57. The summed E-state index contributed by atoms with van der Waals surface area (Å²) in [5.41, 5.74) is 5.62. The van der Waals surface area contributed by atoms with Crippen LogP contribution in [0.5, 0.6) is 0 Å². The van der Waals surface area contributed by atoms with Gasteiger partial charge in [-0.3, -0.25) is 9.69 Å². The molecule has 8 heteroatoms. The number of amides is 1. The van der Waals surface area contributed by atoms with E-state index in [1.54, 1.807) is 0 Å². The summed E-state index contributed by atoms with van der Waals surface area (Å²) in [5, 5.41) is 6.67. The first kappa shape index (κ1) is 25.2. The topological polar surface area (TPSA) is 99.4 Å². The highest BCUT2D eigenvalue weighted by Gasteiger charge is 2.37. The maximum absolute atomic E-state index is 12.8. The third kappa shape index (κ3) is 7.04. The van der Waals surface area contributed by atoms with Gasteiger partial charge < -0.3 is 21.3 Å². The molecule has 0 radical (unpaired) electrons. The van der Waals surface area contributed by atoms with Crippen molar-refractivity contribution in [1.29, 1.82) is 0 Å². The minimum atomic E-state index is 0.0975. The van der Waals surface area contributed by atoms with Gasteiger partial charge in [-0.1, -0.05) is 38.5 Å². The van der Waals surface area contributed by atoms with Crippen LogP contribution < -0.4 is 21.3 Å². The Kier molecular flexibility index (Phi) is 9.80. The first-order valence-corrected chi connectivity index (χ1v) is 13.8. The molecule has 1 aromatic heterocycles. The van der Waals surface area contributed by atoms with Gasteiger partial charge in [-0.25, -0.2) is 4.98 Å². The lowest BCUT2D eigenvalue weighted by atomic mass is 9.87. The number of nitrogens with one attached hydrogen (secondary N) is 2. The number of carbonyl (C=O) groups excluding carboxylic acids is 1. The molecule has 0 bridgehead atoms. The SMILES string of the molecule is NCCNC(=O)C[C@@H]1[C@@H](Nc2nccc(N3CCCCCCC3)n2)CCCN1C1CCCCC1. The Balaban J connectivity index is 1.48. The number of rotatable bonds is 8. The molecule has 0 unspecified atom stereocenters. The minimum absolute atomic E-state index is 0.0975. The maximum atomic E-state index is 12.8. The highest BCUT2D eigenvalue weighted by Crippen LogP contribution is 2.31. The Morgan fingerprint density at radius 1 is 0.971 bits per heavy atom. The van der Waals surface area contributed by atoms with Crippen molar-refractivity contribution in [2.24, 2.45) is 5.73 Å². The second kappa shape index (κ2) is 13.2. The van der Waals surface area contributed by atoms with E-state index in [9.17, 15) is 4.79 Å². The molecular formula is C26H45N7O. The Hall–Kier alpha value is -1.93. The summed E-state index contributed by atoms with van der Waals surface area (Å²) >= 11 is 0. The van der Waals surface area contributed by atoms with E-state index in [-0.39, 0.29) is 18.0 Å². The molecule has 190 valence electrons. The van der Waals surface area contributed by atoms with Crippen LogP contribution in [-0.4, -0.2) is 71.6 Å². The van der Waals surface area contributed by atoms with Crippen molar-refractivity contribution < 1.29 is 4.79 Å². The van der Waals surface area contributed by atoms with Crippen molar-refractivity contribution in [1.82, 2.24) is 20.2 Å². The first-order chi connectivity index (χ1) is 16.7. The van der Waals surface area contributed by atoms with Gasteiger partial charge in [0, 0.05) is 56.9 Å². The molecule has 2 aliphatic heterocycles. The molecule has 3 aliphatic rings. The number of nitrogens with two attached hydrogens (primary N) is 1. The van der Waals surface area contributed by atoms with E-state index < -0.39 is 0 Å². The zero-order valence-electron chi connectivity index (χ0n) is 20.9. The summed E-state index contributed by atoms with van der Waals surface area (Å²) < 4.78 is 0. The molecule has 4 rings (SSSR count). The van der Waals surface area contributed by atoms with E-state index >= 15 is 0 Å². The highest BCUT2D eigenvalue weighted by molar-refractivity contribution is 5.76. The summed E-state index contributed by atoms with van der Waals surface area (Å²) in [6.45, 7) is 4.22. The zero-order valence-corrected chi connectivity index (χ0v) is 20.9. The lowest BCUT2D eigenvalue weighted by molar-refractivity contribution is -0.123. The molecule has 3 heterocycles. The summed E-state index contributed by atoms with van der Waals surface area (Å²) in [5.74, 6) is 1.82. The Bertz CT molecular complexity index is 746. The van der Waals surface area contributed by atoms with Crippen LogP contribution in [0.25, 0.3) is 0 Å². The molecule has 4 N–H and O–H groups in total. The van der Waals surface area contributed by atoms with Gasteiger partial charge in [-0.2, -0.15) is 4.98 Å². The van der Waals surface area contributed by atoms with Crippen LogP contribution in [0.4, 0.5) is 11.8 Å². The molecule has 2 saturated heterocycles. The number of carbonyl (C=O) groups is 1. The summed E-state index contributed by atoms with van der Waals surface area (Å²) in [7, 11) is 0. The molecule has 1 aromatic rings. The number of aromatic nitrogens is 2. The van der Waals surface area contributed by atoms with Gasteiger partial charge in [0.1, 0.15) is 5.82 Å². The largest absolute Gasteiger partial charge is 0.356 e. The van der Waals surface area contributed by atoms with Crippen molar-refractivity contribution in [3.05, 3.63) is 12.3 Å². The predicted octanol–water partition coefficient (Wildman–Crippen LogP) is 3.29. The van der Waals surface area contributed by atoms with Gasteiger partial charge in [0.25, 0.3) is 0 Å². The van der Waals surface area contributed by atoms with E-state index in [0.29, 0.717) is 31.5 Å². The molecule has 1 saturated carbocycles. The fourth-order valence-corrected chi connectivity index (χ4v) is 6.09. The third-order valence-electron chi connectivity index (χ3n) is 7.86. The summed E-state index contributed by atoms with van der Waals surface area (Å²) in [4.78, 5) is 27.3. The average Bonchev–Trinajstić information content (AvgIpc) is 2.84. The van der Waals surface area contributed by atoms with E-state index in [0.717, 1.165) is 38.3 Å². The van der Waals surface area contributed by atoms with Crippen molar-refractivity contribution >= 4 is 17.7 Å². The van der Waals surface area contributed by atoms with Crippen molar-refractivity contribution in [2.45, 2.75) is 102 Å². The van der Waals surface area contributed by atoms with Gasteiger partial charge >= 0.3 is 0 Å². The third-order valence-corrected chi connectivity index (χ3v) is 7.86. The second-order valence-electron chi connectivity index (χ2n) is 10.3. The van der Waals surface area contributed by atoms with E-state index in [4.69, 9.17) is 10.7 Å². The van der Waals surface area contributed by atoms with E-state index in [1.165, 1.54) is 64.2 Å². The van der Waals surface area contributed by atoms with Crippen LogP contribution in [0.2, 0.25) is 0 Å². The van der Waals surface area contributed by atoms with Crippen molar-refractivity contribution in [3.8, 4) is 0 Å². The normalized spacial score (nSPS) is 25.4. The average molecular weight is 472 g/mol. The van der Waals surface area contributed by atoms with Crippen LogP contribution in [-0.2, 0) is 4.79 Å². The molecule has 1 aliphatic carbocycles. The molecule has 8 nitrogen and oxygen atoms in total. The van der Waals surface area contributed by atoms with Gasteiger partial charge in [0.2, 0.25) is 11.9 Å². The van der Waals surface area contributed by atoms with Gasteiger partial charge in [-0.15, -0.1) is 0 Å². The predicted molar refractivity (Wildman–Crippen MR) is 138 cm³/mol. The highest BCUT2D eigenvalue weighted by atomic mass is 16.1. The van der Waals surface area contributed by atoms with Crippen molar-refractivity contribution in [3.63, 3.8) is 0 Å². The van der Waals surface area contributed by atoms with E-state index in [1.807, 2.05) is 12.3 Å². The van der Waals surface area contributed by atoms with Gasteiger partial charge in [0.15, 0.2) is 0 Å². The second-order valence-corrected chi connectivity index (χ2v) is 10.3. The lowest BCUT2D eigenvalue weighted by Gasteiger charge is -2.46. The fraction of sp³-hybridized carbons (Fsp3) is 0.808. The molecule has 2 atom stereocenters. The van der Waals surface area contributed by atoms with Crippen LogP contribution >= 0.6 is 0 Å². The Morgan fingerprint density at radius 2 is 1.71 bits per heavy atom. The number of piperidine rings is 1. The summed E-state index contributed by atoms with van der Waals surface area (Å²) in [6, 6.07) is 2.95. The molecule has 0 aromatic carbocycles. The number of hydrogen-bond donors (Lipinski definition) is 3. The molecular weight excluding hydrogens is 426 g/mol. The van der Waals surface area contributed by atoms with Crippen LogP contribution in [0.1, 0.15) is 83.5 Å². The minimum Gasteiger partial charge on any atom is -0.356 e. The Labute approximate surface area is 205 Å². The van der Waals surface area contributed by atoms with E-state index in [2.05, 4.69) is 25.4 Å². The molecule has 0 spiro atoms. The molecule has 3 fully saturated rings. The van der Waals surface area contributed by atoms with Gasteiger partial charge in [-0.05, 0) is 51.1 Å². The quantitative estimate of drug-likeness (QED) is 0.535. The number of likely N-dealkylation sites (tertiary alicyclic amines) is 1. The first-order valence-electron chi connectivity index (χ1n) is 13.8. The maximum Gasteiger partial charge on any atom is 0.224 e. The molecule has 34 heavy (non-hydrogen) atoms.